The number of nitrogens with zero attached hydrogens (tertiary/aromatic N) is 1. The Morgan fingerprint density at radius 1 is 1.50 bits per heavy atom. The van der Waals surface area contributed by atoms with E-state index in [2.05, 4.69) is 0 Å². The minimum atomic E-state index is -1.42. The first-order valence-corrected chi connectivity index (χ1v) is 5.40. The van der Waals surface area contributed by atoms with Crippen molar-refractivity contribution in [2.45, 2.75) is 37.8 Å². The number of nitrogens with two attached hydrogens (primary N) is 1. The highest BCUT2D eigenvalue weighted by Gasteiger charge is 2.49. The van der Waals surface area contributed by atoms with E-state index in [0.29, 0.717) is 6.54 Å². The second kappa shape index (κ2) is 4.80. The van der Waals surface area contributed by atoms with Gasteiger partial charge in [0.25, 0.3) is 0 Å². The van der Waals surface area contributed by atoms with Crippen LogP contribution in [-0.2, 0) is 9.59 Å². The molecule has 2 atom stereocenters. The van der Waals surface area contributed by atoms with E-state index in [1.165, 1.54) is 0 Å². The Kier molecular flexibility index (Phi) is 3.88. The molecule has 1 rings (SSSR count). The molecule has 1 heterocycles. The first-order valence-electron chi connectivity index (χ1n) is 5.40. The van der Waals surface area contributed by atoms with Crippen molar-refractivity contribution in [1.82, 2.24) is 4.90 Å². The Balaban J connectivity index is 2.75. The fourth-order valence-electron chi connectivity index (χ4n) is 2.01. The van der Waals surface area contributed by atoms with Gasteiger partial charge in [0.1, 0.15) is 11.6 Å². The predicted molar refractivity (Wildman–Crippen MR) is 57.1 cm³/mol. The summed E-state index contributed by atoms with van der Waals surface area (Å²) in [5.74, 6) is -2.12. The number of likely N-dealkylation sites (tertiary alicyclic amines) is 1. The molecule has 1 fully saturated rings. The van der Waals surface area contributed by atoms with Crippen molar-refractivity contribution in [3.63, 3.8) is 0 Å². The summed E-state index contributed by atoms with van der Waals surface area (Å²) in [6.45, 7) is 2.69. The van der Waals surface area contributed by atoms with Crippen LogP contribution in [0.15, 0.2) is 0 Å². The van der Waals surface area contributed by atoms with Gasteiger partial charge in [-0.05, 0) is 13.0 Å². The van der Waals surface area contributed by atoms with Crippen molar-refractivity contribution in [2.75, 3.05) is 13.1 Å². The molecule has 1 saturated heterocycles. The Bertz CT molecular complexity index is 295. The zero-order valence-electron chi connectivity index (χ0n) is 9.35. The van der Waals surface area contributed by atoms with Gasteiger partial charge < -0.3 is 15.9 Å². The van der Waals surface area contributed by atoms with Crippen LogP contribution in [0.3, 0.4) is 0 Å². The Labute approximate surface area is 94.0 Å². The first kappa shape index (κ1) is 12.9. The highest BCUT2D eigenvalue weighted by atomic mass is 16.4. The standard InChI is InChI=1S/C10H18N2O4/c1-2-3-4-12-6-10(11,9(15)16)5-7(12)8(13)14/h7H,2-6,11H2,1H3,(H,13,14)(H,15,16). The van der Waals surface area contributed by atoms with Crippen LogP contribution in [0.4, 0.5) is 0 Å². The summed E-state index contributed by atoms with van der Waals surface area (Å²) in [5.41, 5.74) is 4.27. The molecular weight excluding hydrogens is 212 g/mol. The van der Waals surface area contributed by atoms with Crippen LogP contribution in [0, 0.1) is 0 Å². The third-order valence-corrected chi connectivity index (χ3v) is 2.99. The van der Waals surface area contributed by atoms with Gasteiger partial charge in [0.15, 0.2) is 0 Å². The van der Waals surface area contributed by atoms with Crippen LogP contribution in [0.1, 0.15) is 26.2 Å². The molecule has 16 heavy (non-hydrogen) atoms. The number of unbranched alkanes of at least 4 members (excludes halogenated alkanes) is 1. The molecule has 1 aliphatic rings. The van der Waals surface area contributed by atoms with E-state index in [9.17, 15) is 9.59 Å². The second-order valence-electron chi connectivity index (χ2n) is 4.34. The largest absolute Gasteiger partial charge is 0.480 e. The number of carbonyl (C=O) groups is 2. The van der Waals surface area contributed by atoms with E-state index >= 15 is 0 Å². The van der Waals surface area contributed by atoms with Gasteiger partial charge in [0.2, 0.25) is 0 Å². The van der Waals surface area contributed by atoms with Crippen LogP contribution in [0.25, 0.3) is 0 Å². The maximum atomic E-state index is 11.0. The molecule has 0 aromatic carbocycles. The molecular formula is C10H18N2O4. The number of aliphatic carboxylic acids is 2. The summed E-state index contributed by atoms with van der Waals surface area (Å²) in [4.78, 5) is 23.6. The average Bonchev–Trinajstić information content (AvgIpc) is 2.54. The molecule has 0 bridgehead atoms. The lowest BCUT2D eigenvalue weighted by molar-refractivity contribution is -0.142. The summed E-state index contributed by atoms with van der Waals surface area (Å²) in [5, 5.41) is 18.0. The summed E-state index contributed by atoms with van der Waals surface area (Å²) >= 11 is 0. The molecule has 0 radical (unpaired) electrons. The molecule has 0 aliphatic carbocycles. The molecule has 6 nitrogen and oxygen atoms in total. The lowest BCUT2D eigenvalue weighted by atomic mass is 9.98. The summed E-state index contributed by atoms with van der Waals surface area (Å²) in [6, 6.07) is -0.771. The number of carboxylic acids is 2. The van der Waals surface area contributed by atoms with Crippen molar-refractivity contribution in [1.29, 1.82) is 0 Å². The smallest absolute Gasteiger partial charge is 0.325 e. The van der Waals surface area contributed by atoms with Crippen molar-refractivity contribution >= 4 is 11.9 Å². The van der Waals surface area contributed by atoms with E-state index in [0.717, 1.165) is 12.8 Å². The third-order valence-electron chi connectivity index (χ3n) is 2.99. The molecule has 0 amide bonds. The van der Waals surface area contributed by atoms with E-state index < -0.39 is 23.5 Å². The topological polar surface area (TPSA) is 104 Å². The molecule has 6 heteroatoms. The van der Waals surface area contributed by atoms with Crippen molar-refractivity contribution < 1.29 is 19.8 Å². The SMILES string of the molecule is CCCCN1CC(N)(C(=O)O)CC1C(=O)O. The first-order chi connectivity index (χ1) is 7.40. The zero-order valence-corrected chi connectivity index (χ0v) is 9.35. The highest BCUT2D eigenvalue weighted by molar-refractivity contribution is 5.83. The molecule has 4 N–H and O–H groups in total. The second-order valence-corrected chi connectivity index (χ2v) is 4.34. The minimum Gasteiger partial charge on any atom is -0.480 e. The highest BCUT2D eigenvalue weighted by Crippen LogP contribution is 2.26. The Morgan fingerprint density at radius 3 is 2.56 bits per heavy atom. The van der Waals surface area contributed by atoms with Crippen LogP contribution in [0.2, 0.25) is 0 Å². The zero-order chi connectivity index (χ0) is 12.3. The quantitative estimate of drug-likeness (QED) is 0.600. The lowest BCUT2D eigenvalue weighted by Gasteiger charge is -2.21. The normalized spacial score (nSPS) is 30.5. The van der Waals surface area contributed by atoms with Gasteiger partial charge in [-0.3, -0.25) is 14.5 Å². The van der Waals surface area contributed by atoms with Gasteiger partial charge in [0.05, 0.1) is 0 Å². The molecule has 0 aromatic rings. The summed E-state index contributed by atoms with van der Waals surface area (Å²) in [6.07, 6.45) is 1.76. The summed E-state index contributed by atoms with van der Waals surface area (Å²) in [7, 11) is 0. The average molecular weight is 230 g/mol. The van der Waals surface area contributed by atoms with Gasteiger partial charge in [-0.2, -0.15) is 0 Å². The maximum absolute atomic E-state index is 11.0. The molecule has 92 valence electrons. The lowest BCUT2D eigenvalue weighted by Crippen LogP contribution is -2.50. The Hall–Kier alpha value is -1.14. The van der Waals surface area contributed by atoms with Crippen molar-refractivity contribution in [2.24, 2.45) is 5.73 Å². The third kappa shape index (κ3) is 2.51. The van der Waals surface area contributed by atoms with E-state index in [1.807, 2.05) is 6.92 Å². The van der Waals surface area contributed by atoms with Crippen LogP contribution in [-0.4, -0.2) is 51.7 Å². The van der Waals surface area contributed by atoms with E-state index in [-0.39, 0.29) is 13.0 Å². The van der Waals surface area contributed by atoms with Gasteiger partial charge >= 0.3 is 11.9 Å². The number of hydrogen-bond acceptors (Lipinski definition) is 4. The van der Waals surface area contributed by atoms with E-state index in [1.54, 1.807) is 4.90 Å². The van der Waals surface area contributed by atoms with Crippen molar-refractivity contribution in [3.05, 3.63) is 0 Å². The molecule has 1 aliphatic heterocycles. The van der Waals surface area contributed by atoms with Gasteiger partial charge in [0, 0.05) is 13.0 Å². The van der Waals surface area contributed by atoms with Crippen LogP contribution >= 0.6 is 0 Å². The summed E-state index contributed by atoms with van der Waals surface area (Å²) < 4.78 is 0. The van der Waals surface area contributed by atoms with Gasteiger partial charge in [-0.15, -0.1) is 0 Å². The van der Waals surface area contributed by atoms with E-state index in [4.69, 9.17) is 15.9 Å². The molecule has 0 saturated carbocycles. The minimum absolute atomic E-state index is 0.0264. The number of rotatable bonds is 5. The number of carboxylic acid groups (broad SMARTS) is 2. The van der Waals surface area contributed by atoms with Crippen molar-refractivity contribution in [3.8, 4) is 0 Å². The molecule has 0 spiro atoms. The maximum Gasteiger partial charge on any atom is 0.325 e. The van der Waals surface area contributed by atoms with Crippen LogP contribution in [0.5, 0.6) is 0 Å². The monoisotopic (exact) mass is 230 g/mol. The Morgan fingerprint density at radius 2 is 2.12 bits per heavy atom. The molecule has 0 aromatic heterocycles. The van der Waals surface area contributed by atoms with Gasteiger partial charge in [-0.25, -0.2) is 0 Å². The van der Waals surface area contributed by atoms with Crippen LogP contribution < -0.4 is 5.73 Å². The fraction of sp³-hybridized carbons (Fsp3) is 0.800. The number of hydrogen-bond donors (Lipinski definition) is 3. The molecule has 2 unspecified atom stereocenters. The fourth-order valence-corrected chi connectivity index (χ4v) is 2.01. The van der Waals surface area contributed by atoms with Gasteiger partial charge in [-0.1, -0.05) is 13.3 Å². The predicted octanol–water partition coefficient (Wildman–Crippen LogP) is -0.272.